The van der Waals surface area contributed by atoms with Crippen molar-refractivity contribution in [1.82, 2.24) is 5.32 Å². The summed E-state index contributed by atoms with van der Waals surface area (Å²) in [5.41, 5.74) is 0. The van der Waals surface area contributed by atoms with E-state index >= 15 is 0 Å². The van der Waals surface area contributed by atoms with Crippen molar-refractivity contribution in [2.45, 2.75) is 26.3 Å². The van der Waals surface area contributed by atoms with Gasteiger partial charge >= 0.3 is 0 Å². The van der Waals surface area contributed by atoms with Crippen LogP contribution in [0.3, 0.4) is 0 Å². The molecule has 0 aromatic heterocycles. The summed E-state index contributed by atoms with van der Waals surface area (Å²) >= 11 is 3.40. The number of amides is 1. The van der Waals surface area contributed by atoms with E-state index in [0.717, 1.165) is 11.1 Å². The van der Waals surface area contributed by atoms with Gasteiger partial charge in [-0.1, -0.05) is 48.0 Å². The van der Waals surface area contributed by atoms with Crippen molar-refractivity contribution < 1.29 is 9.53 Å². The Morgan fingerprint density at radius 2 is 2.00 bits per heavy atom. The van der Waals surface area contributed by atoms with Gasteiger partial charge in [0.25, 0.3) is 0 Å². The van der Waals surface area contributed by atoms with Crippen molar-refractivity contribution in [2.24, 2.45) is 5.92 Å². The lowest BCUT2D eigenvalue weighted by molar-refractivity contribution is -0.122. The molecule has 100 valence electrons. The molecule has 1 rings (SSSR count). The minimum atomic E-state index is 0.0316. The zero-order valence-corrected chi connectivity index (χ0v) is 12.4. The largest absolute Gasteiger partial charge is 0.493 e. The second kappa shape index (κ2) is 8.14. The number of nitrogens with one attached hydrogen (secondary N) is 1. The average Bonchev–Trinajstić information content (AvgIpc) is 2.37. The van der Waals surface area contributed by atoms with E-state index in [9.17, 15) is 4.79 Å². The number of hydrogen-bond acceptors (Lipinski definition) is 2. The van der Waals surface area contributed by atoms with Crippen molar-refractivity contribution >= 4 is 21.8 Å². The Labute approximate surface area is 117 Å². The van der Waals surface area contributed by atoms with Gasteiger partial charge in [0, 0.05) is 11.4 Å². The number of ether oxygens (including phenoxy) is 1. The van der Waals surface area contributed by atoms with Crippen LogP contribution in [0, 0.1) is 5.92 Å². The lowest BCUT2D eigenvalue weighted by Crippen LogP contribution is -2.40. The van der Waals surface area contributed by atoms with Crippen molar-refractivity contribution in [3.05, 3.63) is 30.3 Å². The predicted molar refractivity (Wildman–Crippen MR) is 77.1 cm³/mol. The molecule has 0 saturated heterocycles. The highest BCUT2D eigenvalue weighted by molar-refractivity contribution is 9.09. The molecule has 18 heavy (non-hydrogen) atoms. The molecule has 0 bridgehead atoms. The Morgan fingerprint density at radius 1 is 1.33 bits per heavy atom. The maximum atomic E-state index is 11.7. The number of para-hydroxylation sites is 1. The summed E-state index contributed by atoms with van der Waals surface area (Å²) in [4.78, 5) is 11.7. The normalized spacial score (nSPS) is 12.2. The van der Waals surface area contributed by atoms with Gasteiger partial charge in [0.1, 0.15) is 5.75 Å². The van der Waals surface area contributed by atoms with E-state index in [1.807, 2.05) is 30.3 Å². The Kier molecular flexibility index (Phi) is 6.80. The molecule has 0 radical (unpaired) electrons. The van der Waals surface area contributed by atoms with E-state index in [-0.39, 0.29) is 11.9 Å². The number of halogens is 1. The van der Waals surface area contributed by atoms with Crippen molar-refractivity contribution in [2.75, 3.05) is 11.9 Å². The molecule has 1 atom stereocenters. The van der Waals surface area contributed by atoms with Crippen LogP contribution in [0.2, 0.25) is 0 Å². The highest BCUT2D eigenvalue weighted by Gasteiger charge is 2.14. The summed E-state index contributed by atoms with van der Waals surface area (Å²) in [6, 6.07) is 9.70. The zero-order chi connectivity index (χ0) is 13.4. The monoisotopic (exact) mass is 313 g/mol. The molecule has 0 aliphatic rings. The van der Waals surface area contributed by atoms with Gasteiger partial charge in [0.2, 0.25) is 5.91 Å². The first-order valence-electron chi connectivity index (χ1n) is 6.16. The summed E-state index contributed by atoms with van der Waals surface area (Å²) < 4.78 is 5.48. The maximum absolute atomic E-state index is 11.7. The molecule has 0 fully saturated rings. The number of carbonyl (C=O) groups excluding carboxylic acids is 1. The molecule has 0 heterocycles. The Balaban J connectivity index is 2.25. The van der Waals surface area contributed by atoms with Crippen LogP contribution < -0.4 is 10.1 Å². The fourth-order valence-corrected chi connectivity index (χ4v) is 2.35. The van der Waals surface area contributed by atoms with Crippen molar-refractivity contribution in [3.63, 3.8) is 0 Å². The van der Waals surface area contributed by atoms with E-state index in [2.05, 4.69) is 35.1 Å². The summed E-state index contributed by atoms with van der Waals surface area (Å²) in [5, 5.41) is 3.76. The molecule has 0 aliphatic carbocycles. The average molecular weight is 314 g/mol. The first-order chi connectivity index (χ1) is 8.63. The zero-order valence-electron chi connectivity index (χ0n) is 10.9. The van der Waals surface area contributed by atoms with E-state index in [4.69, 9.17) is 4.74 Å². The number of hydrogen-bond donors (Lipinski definition) is 1. The van der Waals surface area contributed by atoms with Gasteiger partial charge in [-0.05, 0) is 18.1 Å². The maximum Gasteiger partial charge on any atom is 0.223 e. The molecule has 4 heteroatoms. The molecule has 0 spiro atoms. The fourth-order valence-electron chi connectivity index (χ4n) is 1.44. The Bertz CT molecular complexity index is 354. The quantitative estimate of drug-likeness (QED) is 0.786. The van der Waals surface area contributed by atoms with Crippen LogP contribution in [0.5, 0.6) is 5.75 Å². The van der Waals surface area contributed by atoms with Crippen LogP contribution >= 0.6 is 15.9 Å². The van der Waals surface area contributed by atoms with Gasteiger partial charge in [-0.15, -0.1) is 0 Å². The lowest BCUT2D eigenvalue weighted by Gasteiger charge is -2.19. The first-order valence-corrected chi connectivity index (χ1v) is 7.28. The van der Waals surface area contributed by atoms with Gasteiger partial charge in [0.05, 0.1) is 13.0 Å². The molecule has 1 unspecified atom stereocenters. The first kappa shape index (κ1) is 15.0. The van der Waals surface area contributed by atoms with E-state index in [1.165, 1.54) is 0 Å². The molecule has 1 aromatic rings. The molecule has 3 nitrogen and oxygen atoms in total. The van der Waals surface area contributed by atoms with Gasteiger partial charge in [0.15, 0.2) is 0 Å². The summed E-state index contributed by atoms with van der Waals surface area (Å²) in [5.74, 6) is 1.25. The van der Waals surface area contributed by atoms with Gasteiger partial charge in [-0.2, -0.15) is 0 Å². The smallest absolute Gasteiger partial charge is 0.223 e. The molecular formula is C14H20BrNO2. The van der Waals surface area contributed by atoms with E-state index in [0.29, 0.717) is 18.9 Å². The van der Waals surface area contributed by atoms with Crippen LogP contribution in [0.4, 0.5) is 0 Å². The van der Waals surface area contributed by atoms with Crippen LogP contribution in [0.15, 0.2) is 30.3 Å². The number of alkyl halides is 1. The Morgan fingerprint density at radius 3 is 2.56 bits per heavy atom. The van der Waals surface area contributed by atoms with Gasteiger partial charge in [-0.25, -0.2) is 0 Å². The van der Waals surface area contributed by atoms with Gasteiger partial charge in [-0.3, -0.25) is 4.79 Å². The summed E-state index contributed by atoms with van der Waals surface area (Å²) in [7, 11) is 0. The van der Waals surface area contributed by atoms with Gasteiger partial charge < -0.3 is 10.1 Å². The highest BCUT2D eigenvalue weighted by Crippen LogP contribution is 2.09. The minimum Gasteiger partial charge on any atom is -0.493 e. The van der Waals surface area contributed by atoms with E-state index in [1.54, 1.807) is 0 Å². The molecule has 1 amide bonds. The third-order valence-corrected chi connectivity index (χ3v) is 3.36. The van der Waals surface area contributed by atoms with Crippen molar-refractivity contribution in [1.29, 1.82) is 0 Å². The second-order valence-corrected chi connectivity index (χ2v) is 5.13. The molecule has 0 aliphatic heterocycles. The van der Waals surface area contributed by atoms with Crippen LogP contribution in [-0.4, -0.2) is 23.9 Å². The number of rotatable bonds is 7. The lowest BCUT2D eigenvalue weighted by atomic mass is 10.1. The van der Waals surface area contributed by atoms with E-state index < -0.39 is 0 Å². The molecule has 1 N–H and O–H groups in total. The van der Waals surface area contributed by atoms with Crippen LogP contribution in [0.25, 0.3) is 0 Å². The third-order valence-electron chi connectivity index (χ3n) is 2.66. The molecule has 1 aromatic carbocycles. The second-order valence-electron chi connectivity index (χ2n) is 4.48. The molecule has 0 saturated carbocycles. The minimum absolute atomic E-state index is 0.0316. The summed E-state index contributed by atoms with van der Waals surface area (Å²) in [6.45, 7) is 4.59. The topological polar surface area (TPSA) is 38.3 Å². The number of carbonyl (C=O) groups is 1. The molecular weight excluding hydrogens is 294 g/mol. The standard InChI is InChI=1S/C14H20BrNO2/c1-11(2)13(10-15)16-14(17)8-9-18-12-6-4-3-5-7-12/h3-7,11,13H,8-10H2,1-2H3,(H,16,17). The highest BCUT2D eigenvalue weighted by atomic mass is 79.9. The third kappa shape index (κ3) is 5.54. The van der Waals surface area contributed by atoms with Crippen LogP contribution in [-0.2, 0) is 4.79 Å². The number of benzene rings is 1. The Hall–Kier alpha value is -1.03. The van der Waals surface area contributed by atoms with Crippen LogP contribution in [0.1, 0.15) is 20.3 Å². The SMILES string of the molecule is CC(C)C(CBr)NC(=O)CCOc1ccccc1. The predicted octanol–water partition coefficient (Wildman–Crippen LogP) is 2.99. The van der Waals surface area contributed by atoms with Crippen molar-refractivity contribution in [3.8, 4) is 5.75 Å². The summed E-state index contributed by atoms with van der Waals surface area (Å²) in [6.07, 6.45) is 0.380. The fraction of sp³-hybridized carbons (Fsp3) is 0.500.